The molecule has 0 saturated heterocycles. The molecule has 2 aromatic carbocycles. The van der Waals surface area contributed by atoms with Gasteiger partial charge >= 0.3 is 0 Å². The van der Waals surface area contributed by atoms with Crippen LogP contribution in [0.1, 0.15) is 0 Å². The molecule has 0 aliphatic heterocycles. The van der Waals surface area contributed by atoms with Gasteiger partial charge in [0, 0.05) is 22.7 Å². The number of nitrogens with zero attached hydrogens (tertiary/aromatic N) is 2. The maximum atomic E-state index is 13.4. The lowest BCUT2D eigenvalue weighted by Crippen LogP contribution is -2.06. The lowest BCUT2D eigenvalue weighted by Gasteiger charge is -2.00. The van der Waals surface area contributed by atoms with Crippen molar-refractivity contribution >= 4 is 10.9 Å². The number of aromatic amines is 1. The summed E-state index contributed by atoms with van der Waals surface area (Å²) in [7, 11) is 1.58. The van der Waals surface area contributed by atoms with Crippen molar-refractivity contribution in [2.24, 2.45) is 0 Å². The third-order valence-corrected chi connectivity index (χ3v) is 3.85. The second kappa shape index (κ2) is 5.86. The minimum Gasteiger partial charge on any atom is -0.497 e. The van der Waals surface area contributed by atoms with Crippen LogP contribution < -0.4 is 10.2 Å². The quantitative estimate of drug-likeness (QED) is 0.620. The fraction of sp³-hybridized carbons (Fsp3) is 0.0556. The molecule has 0 unspecified atom stereocenters. The van der Waals surface area contributed by atoms with Crippen LogP contribution in [0.3, 0.4) is 0 Å². The van der Waals surface area contributed by atoms with E-state index in [-0.39, 0.29) is 22.3 Å². The van der Waals surface area contributed by atoms with Crippen LogP contribution in [0.5, 0.6) is 5.75 Å². The van der Waals surface area contributed by atoms with E-state index in [0.29, 0.717) is 17.1 Å². The van der Waals surface area contributed by atoms with Gasteiger partial charge in [-0.15, -0.1) is 0 Å². The molecular weight excluding hydrogens is 325 g/mol. The zero-order valence-corrected chi connectivity index (χ0v) is 13.1. The topological polar surface area (TPSA) is 81.0 Å². The van der Waals surface area contributed by atoms with Crippen molar-refractivity contribution in [3.05, 3.63) is 64.7 Å². The summed E-state index contributed by atoms with van der Waals surface area (Å²) in [5.74, 6) is 0.634. The Balaban J connectivity index is 1.78. The Kier molecular flexibility index (Phi) is 3.53. The van der Waals surface area contributed by atoms with Crippen LogP contribution in [-0.2, 0) is 0 Å². The first-order valence-corrected chi connectivity index (χ1v) is 7.45. The van der Waals surface area contributed by atoms with E-state index in [0.717, 1.165) is 5.56 Å². The summed E-state index contributed by atoms with van der Waals surface area (Å²) in [4.78, 5) is 19.8. The SMILES string of the molecule is COc1ccc(-c2noc(-c3c[nH]c4ccc(F)cc4c3=O)n2)cc1. The van der Waals surface area contributed by atoms with Gasteiger partial charge in [-0.05, 0) is 42.5 Å². The Morgan fingerprint density at radius 2 is 1.96 bits per heavy atom. The van der Waals surface area contributed by atoms with E-state index in [1.54, 1.807) is 31.4 Å². The molecule has 0 fully saturated rings. The molecule has 4 aromatic rings. The predicted octanol–water partition coefficient (Wildman–Crippen LogP) is 3.39. The Hall–Kier alpha value is -3.48. The maximum Gasteiger partial charge on any atom is 0.263 e. The standard InChI is InChI=1S/C18H12FN3O3/c1-24-12-5-2-10(3-6-12)17-21-18(25-22-17)14-9-20-15-7-4-11(19)8-13(15)16(14)23/h2-9H,1H3,(H,20,23). The van der Waals surface area contributed by atoms with Crippen LogP contribution >= 0.6 is 0 Å². The molecule has 0 radical (unpaired) electrons. The number of H-pyrrole nitrogens is 1. The monoisotopic (exact) mass is 337 g/mol. The highest BCUT2D eigenvalue weighted by atomic mass is 19.1. The van der Waals surface area contributed by atoms with Crippen LogP contribution in [0.2, 0.25) is 0 Å². The van der Waals surface area contributed by atoms with Gasteiger partial charge in [-0.3, -0.25) is 4.79 Å². The van der Waals surface area contributed by atoms with Gasteiger partial charge in [-0.2, -0.15) is 4.98 Å². The number of pyridine rings is 1. The van der Waals surface area contributed by atoms with E-state index in [4.69, 9.17) is 9.26 Å². The van der Waals surface area contributed by atoms with Crippen molar-refractivity contribution in [1.82, 2.24) is 15.1 Å². The molecule has 0 bridgehead atoms. The maximum absolute atomic E-state index is 13.4. The number of hydrogen-bond acceptors (Lipinski definition) is 5. The molecule has 1 N–H and O–H groups in total. The highest BCUT2D eigenvalue weighted by molar-refractivity contribution is 5.82. The lowest BCUT2D eigenvalue weighted by molar-refractivity contribution is 0.415. The first-order chi connectivity index (χ1) is 12.2. The van der Waals surface area contributed by atoms with Gasteiger partial charge in [-0.25, -0.2) is 4.39 Å². The fourth-order valence-electron chi connectivity index (χ4n) is 2.54. The van der Waals surface area contributed by atoms with Crippen LogP contribution in [0.15, 0.2) is 58.0 Å². The number of benzene rings is 2. The molecule has 124 valence electrons. The third-order valence-electron chi connectivity index (χ3n) is 3.85. The van der Waals surface area contributed by atoms with Crippen molar-refractivity contribution in [3.63, 3.8) is 0 Å². The minimum atomic E-state index is -0.486. The predicted molar refractivity (Wildman–Crippen MR) is 89.8 cm³/mol. The number of aromatic nitrogens is 3. The van der Waals surface area contributed by atoms with Crippen molar-refractivity contribution in [3.8, 4) is 28.6 Å². The highest BCUT2D eigenvalue weighted by Crippen LogP contribution is 2.23. The number of nitrogens with one attached hydrogen (secondary N) is 1. The van der Waals surface area contributed by atoms with Crippen LogP contribution in [0.4, 0.5) is 4.39 Å². The van der Waals surface area contributed by atoms with Crippen molar-refractivity contribution < 1.29 is 13.7 Å². The number of rotatable bonds is 3. The smallest absolute Gasteiger partial charge is 0.263 e. The second-order valence-electron chi connectivity index (χ2n) is 5.37. The van der Waals surface area contributed by atoms with Gasteiger partial charge in [0.25, 0.3) is 5.89 Å². The second-order valence-corrected chi connectivity index (χ2v) is 5.37. The zero-order chi connectivity index (χ0) is 17.4. The molecule has 6 nitrogen and oxygen atoms in total. The first kappa shape index (κ1) is 15.1. The number of fused-ring (bicyclic) bond motifs is 1. The summed E-state index contributed by atoms with van der Waals surface area (Å²) >= 11 is 0. The van der Waals surface area contributed by atoms with Crippen LogP contribution in [-0.4, -0.2) is 22.2 Å². The van der Waals surface area contributed by atoms with E-state index in [1.165, 1.54) is 24.4 Å². The summed E-state index contributed by atoms with van der Waals surface area (Å²) < 4.78 is 23.7. The van der Waals surface area contributed by atoms with Crippen molar-refractivity contribution in [2.75, 3.05) is 7.11 Å². The molecule has 0 aliphatic rings. The van der Waals surface area contributed by atoms with E-state index < -0.39 is 5.82 Å². The average Bonchev–Trinajstić information content (AvgIpc) is 3.12. The Bertz CT molecular complexity index is 1120. The van der Waals surface area contributed by atoms with E-state index in [9.17, 15) is 9.18 Å². The molecule has 2 aromatic heterocycles. The number of hydrogen-bond donors (Lipinski definition) is 1. The fourth-order valence-corrected chi connectivity index (χ4v) is 2.54. The first-order valence-electron chi connectivity index (χ1n) is 7.45. The van der Waals surface area contributed by atoms with Crippen molar-refractivity contribution in [1.29, 1.82) is 0 Å². The van der Waals surface area contributed by atoms with Gasteiger partial charge < -0.3 is 14.2 Å². The molecular formula is C18H12FN3O3. The molecule has 0 amide bonds. The summed E-state index contributed by atoms with van der Waals surface area (Å²) in [6, 6.07) is 11.1. The Labute approximate surface area is 140 Å². The van der Waals surface area contributed by atoms with Crippen LogP contribution in [0.25, 0.3) is 33.7 Å². The molecule has 25 heavy (non-hydrogen) atoms. The Morgan fingerprint density at radius 1 is 1.16 bits per heavy atom. The van der Waals surface area contributed by atoms with Gasteiger partial charge in [-0.1, -0.05) is 5.16 Å². The largest absolute Gasteiger partial charge is 0.497 e. The molecule has 0 saturated carbocycles. The van der Waals surface area contributed by atoms with Crippen molar-refractivity contribution in [2.45, 2.75) is 0 Å². The minimum absolute atomic E-state index is 0.0678. The molecule has 0 atom stereocenters. The normalized spacial score (nSPS) is 11.0. The summed E-state index contributed by atoms with van der Waals surface area (Å²) in [5, 5.41) is 4.13. The number of halogens is 1. The number of methoxy groups -OCH3 is 1. The Morgan fingerprint density at radius 3 is 2.72 bits per heavy atom. The average molecular weight is 337 g/mol. The van der Waals surface area contributed by atoms with E-state index in [1.807, 2.05) is 0 Å². The summed E-state index contributed by atoms with van der Waals surface area (Å²) in [6.07, 6.45) is 1.48. The molecule has 7 heteroatoms. The summed E-state index contributed by atoms with van der Waals surface area (Å²) in [5.41, 5.74) is 1.06. The zero-order valence-electron chi connectivity index (χ0n) is 13.1. The third kappa shape index (κ3) is 2.65. The molecule has 4 rings (SSSR count). The lowest BCUT2D eigenvalue weighted by atomic mass is 10.1. The van der Waals surface area contributed by atoms with Gasteiger partial charge in [0.1, 0.15) is 17.1 Å². The molecule has 0 aliphatic carbocycles. The highest BCUT2D eigenvalue weighted by Gasteiger charge is 2.15. The van der Waals surface area contributed by atoms with Gasteiger partial charge in [0.2, 0.25) is 11.3 Å². The van der Waals surface area contributed by atoms with E-state index >= 15 is 0 Å². The van der Waals surface area contributed by atoms with Crippen LogP contribution in [0, 0.1) is 5.82 Å². The number of ether oxygens (including phenoxy) is 1. The summed E-state index contributed by atoms with van der Waals surface area (Å²) in [6.45, 7) is 0. The molecule has 0 spiro atoms. The van der Waals surface area contributed by atoms with Gasteiger partial charge in [0.15, 0.2) is 0 Å². The van der Waals surface area contributed by atoms with Gasteiger partial charge in [0.05, 0.1) is 7.11 Å². The van der Waals surface area contributed by atoms with E-state index in [2.05, 4.69) is 15.1 Å². The molecule has 2 heterocycles.